The van der Waals surface area contributed by atoms with Gasteiger partial charge in [0.25, 0.3) is 0 Å². The van der Waals surface area contributed by atoms with Gasteiger partial charge in [0, 0.05) is 6.54 Å². The van der Waals surface area contributed by atoms with Crippen molar-refractivity contribution in [3.63, 3.8) is 0 Å². The summed E-state index contributed by atoms with van der Waals surface area (Å²) in [6.45, 7) is 3.45. The fraction of sp³-hybridized carbons (Fsp3) is 0.714. The molecule has 6 heteroatoms. The summed E-state index contributed by atoms with van der Waals surface area (Å²) in [5.74, 6) is 0. The quantitative estimate of drug-likeness (QED) is 0.702. The molecule has 0 saturated carbocycles. The maximum Gasteiger partial charge on any atom is 0.221 e. The monoisotopic (exact) mass is 236 g/mol. The Morgan fingerprint density at radius 1 is 1.77 bits per heavy atom. The maximum atomic E-state index is 5.17. The van der Waals surface area contributed by atoms with E-state index in [-0.39, 0.29) is 5.37 Å². The van der Waals surface area contributed by atoms with Gasteiger partial charge in [0.2, 0.25) is 4.38 Å². The third-order valence-electron chi connectivity index (χ3n) is 1.48. The van der Waals surface area contributed by atoms with Gasteiger partial charge in [0.1, 0.15) is 0 Å². The van der Waals surface area contributed by atoms with Gasteiger partial charge in [-0.2, -0.15) is 0 Å². The van der Waals surface area contributed by atoms with E-state index in [4.69, 9.17) is 29.2 Å². The van der Waals surface area contributed by atoms with Crippen LogP contribution in [0.4, 0.5) is 0 Å². The predicted octanol–water partition coefficient (Wildman–Crippen LogP) is 1.23. The van der Waals surface area contributed by atoms with E-state index < -0.39 is 0 Å². The predicted molar refractivity (Wildman–Crippen MR) is 64.0 cm³/mol. The number of hydrogen-bond donors (Lipinski definition) is 2. The fourth-order valence-electron chi connectivity index (χ4n) is 0.943. The van der Waals surface area contributed by atoms with Gasteiger partial charge >= 0.3 is 0 Å². The lowest BCUT2D eigenvalue weighted by Crippen LogP contribution is -2.47. The van der Waals surface area contributed by atoms with E-state index >= 15 is 0 Å². The maximum absolute atomic E-state index is 5.17. The van der Waals surface area contributed by atoms with Crippen molar-refractivity contribution >= 4 is 45.7 Å². The summed E-state index contributed by atoms with van der Waals surface area (Å²) >= 11 is 11.5. The van der Waals surface area contributed by atoms with Crippen LogP contribution in [0.1, 0.15) is 13.3 Å². The third kappa shape index (κ3) is 4.10. The molecule has 0 bridgehead atoms. The first-order valence-corrected chi connectivity index (χ1v) is 5.79. The lowest BCUT2D eigenvalue weighted by atomic mass is 10.4. The van der Waals surface area contributed by atoms with Crippen molar-refractivity contribution in [3.8, 4) is 0 Å². The molecule has 3 nitrogen and oxygen atoms in total. The van der Waals surface area contributed by atoms with Gasteiger partial charge in [-0.05, 0) is 37.8 Å². The van der Waals surface area contributed by atoms with Gasteiger partial charge in [0.15, 0.2) is 5.11 Å². The molecular weight excluding hydrogens is 224 g/mol. The summed E-state index contributed by atoms with van der Waals surface area (Å²) in [5, 5.41) is 7.12. The van der Waals surface area contributed by atoms with E-state index in [0.717, 1.165) is 13.0 Å². The van der Waals surface area contributed by atoms with Gasteiger partial charge in [-0.1, -0.05) is 11.8 Å². The lowest BCUT2D eigenvalue weighted by Gasteiger charge is -2.25. The molecule has 1 unspecified atom stereocenters. The van der Waals surface area contributed by atoms with Crippen molar-refractivity contribution in [3.05, 3.63) is 0 Å². The topological polar surface area (TPSA) is 33.3 Å². The van der Waals surface area contributed by atoms with Crippen LogP contribution in [0.15, 0.2) is 0 Å². The Balaban J connectivity index is 2.27. The largest absolute Gasteiger partial charge is 0.479 e. The highest BCUT2D eigenvalue weighted by Crippen LogP contribution is 2.16. The second-order valence-electron chi connectivity index (χ2n) is 2.48. The Morgan fingerprint density at radius 3 is 3.15 bits per heavy atom. The summed E-state index contributed by atoms with van der Waals surface area (Å²) in [6.07, 6.45) is 0.998. The minimum Gasteiger partial charge on any atom is -0.479 e. The van der Waals surface area contributed by atoms with E-state index in [1.807, 2.05) is 6.92 Å². The molecule has 0 aromatic rings. The molecule has 74 valence electrons. The number of hydrogen-bond acceptors (Lipinski definition) is 4. The number of thiocarbonyl (C=S) groups is 2. The Hall–Kier alpha value is -0.0700. The smallest absolute Gasteiger partial charge is 0.221 e. The first-order chi connectivity index (χ1) is 6.22. The Bertz CT molecular complexity index is 210. The second kappa shape index (κ2) is 5.62. The van der Waals surface area contributed by atoms with Crippen molar-refractivity contribution in [1.82, 2.24) is 10.6 Å². The van der Waals surface area contributed by atoms with Crippen LogP contribution in [0.2, 0.25) is 0 Å². The molecule has 0 aromatic carbocycles. The molecule has 1 aliphatic heterocycles. The van der Waals surface area contributed by atoms with Crippen molar-refractivity contribution in [2.24, 2.45) is 0 Å². The molecule has 13 heavy (non-hydrogen) atoms. The molecule has 0 aromatic heterocycles. The van der Waals surface area contributed by atoms with Gasteiger partial charge < -0.3 is 15.4 Å². The van der Waals surface area contributed by atoms with Crippen LogP contribution in [-0.4, -0.2) is 28.0 Å². The van der Waals surface area contributed by atoms with E-state index in [2.05, 4.69) is 10.6 Å². The van der Waals surface area contributed by atoms with E-state index in [1.54, 1.807) is 0 Å². The molecule has 1 aliphatic rings. The minimum absolute atomic E-state index is 0.257. The summed E-state index contributed by atoms with van der Waals surface area (Å²) in [5.41, 5.74) is 0. The molecule has 1 heterocycles. The van der Waals surface area contributed by atoms with Crippen LogP contribution in [0, 0.1) is 0 Å². The Kier molecular flexibility index (Phi) is 4.76. The van der Waals surface area contributed by atoms with Crippen molar-refractivity contribution < 1.29 is 4.74 Å². The van der Waals surface area contributed by atoms with E-state index in [1.165, 1.54) is 11.8 Å². The van der Waals surface area contributed by atoms with Crippen LogP contribution >= 0.6 is 36.2 Å². The molecular formula is C7H12N2OS3. The first kappa shape index (κ1) is 11.0. The standard InChI is InChI=1S/C7H12N2OS3/c1-2-10-7(12)13-5-3-4-8-6(11)9-5/h5H,2-4H2,1H3,(H2,8,9,11). The minimum atomic E-state index is 0.257. The van der Waals surface area contributed by atoms with Gasteiger partial charge in [-0.25, -0.2) is 0 Å². The van der Waals surface area contributed by atoms with Crippen LogP contribution < -0.4 is 10.6 Å². The van der Waals surface area contributed by atoms with Crippen molar-refractivity contribution in [2.75, 3.05) is 13.2 Å². The molecule has 1 fully saturated rings. The zero-order valence-corrected chi connectivity index (χ0v) is 9.78. The van der Waals surface area contributed by atoms with Crippen molar-refractivity contribution in [2.45, 2.75) is 18.7 Å². The van der Waals surface area contributed by atoms with E-state index in [0.29, 0.717) is 16.1 Å². The average Bonchev–Trinajstić information content (AvgIpc) is 2.04. The van der Waals surface area contributed by atoms with Crippen LogP contribution in [0.5, 0.6) is 0 Å². The highest BCUT2D eigenvalue weighted by Gasteiger charge is 2.17. The van der Waals surface area contributed by atoms with E-state index in [9.17, 15) is 0 Å². The number of ether oxygens (including phenoxy) is 1. The van der Waals surface area contributed by atoms with Crippen molar-refractivity contribution in [1.29, 1.82) is 0 Å². The van der Waals surface area contributed by atoms with Crippen LogP contribution in [0.25, 0.3) is 0 Å². The summed E-state index contributed by atoms with van der Waals surface area (Å²) in [4.78, 5) is 0. The fourth-order valence-corrected chi connectivity index (χ4v) is 2.56. The lowest BCUT2D eigenvalue weighted by molar-refractivity contribution is 0.346. The summed E-state index contributed by atoms with van der Waals surface area (Å²) in [7, 11) is 0. The van der Waals surface area contributed by atoms with Gasteiger partial charge in [-0.3, -0.25) is 0 Å². The zero-order chi connectivity index (χ0) is 9.68. The molecule has 1 saturated heterocycles. The average molecular weight is 236 g/mol. The molecule has 2 N–H and O–H groups in total. The summed E-state index contributed by atoms with van der Waals surface area (Å²) in [6, 6.07) is 0. The Labute approximate surface area is 93.0 Å². The molecule has 1 atom stereocenters. The number of rotatable bonds is 2. The zero-order valence-electron chi connectivity index (χ0n) is 7.33. The SMILES string of the molecule is CCOC(=S)SC1CCNC(=S)N1. The number of nitrogens with one attached hydrogen (secondary N) is 2. The van der Waals surface area contributed by atoms with Crippen LogP contribution in [0.3, 0.4) is 0 Å². The highest BCUT2D eigenvalue weighted by atomic mass is 32.2. The first-order valence-electron chi connectivity index (χ1n) is 4.10. The molecule has 0 amide bonds. The molecule has 0 aliphatic carbocycles. The van der Waals surface area contributed by atoms with Gasteiger partial charge in [-0.15, -0.1) is 0 Å². The Morgan fingerprint density at radius 2 is 2.54 bits per heavy atom. The summed E-state index contributed by atoms with van der Waals surface area (Å²) < 4.78 is 5.76. The van der Waals surface area contributed by atoms with Crippen LogP contribution in [-0.2, 0) is 4.74 Å². The third-order valence-corrected chi connectivity index (χ3v) is 3.10. The number of thioether (sulfide) groups is 1. The molecule has 0 spiro atoms. The second-order valence-corrected chi connectivity index (χ2v) is 4.69. The molecule has 1 rings (SSSR count). The molecule has 0 radical (unpaired) electrons. The highest BCUT2D eigenvalue weighted by molar-refractivity contribution is 8.23. The normalized spacial score (nSPS) is 21.6. The van der Waals surface area contributed by atoms with Gasteiger partial charge in [0.05, 0.1) is 12.0 Å².